The number of rotatable bonds is 2. The quantitative estimate of drug-likeness (QED) is 0.745. The van der Waals surface area contributed by atoms with E-state index in [-0.39, 0.29) is 11.2 Å². The van der Waals surface area contributed by atoms with E-state index < -0.39 is 5.97 Å². The Morgan fingerprint density at radius 1 is 1.36 bits per heavy atom. The molecule has 14 heavy (non-hydrogen) atoms. The molecule has 0 saturated carbocycles. The van der Waals surface area contributed by atoms with Crippen molar-refractivity contribution in [3.63, 3.8) is 0 Å². The number of carboxylic acids is 1. The van der Waals surface area contributed by atoms with Gasteiger partial charge in [-0.05, 0) is 20.8 Å². The van der Waals surface area contributed by atoms with Crippen molar-refractivity contribution in [1.29, 1.82) is 0 Å². The van der Waals surface area contributed by atoms with Crippen LogP contribution in [-0.2, 0) is 0 Å². The van der Waals surface area contributed by atoms with Gasteiger partial charge in [-0.1, -0.05) is 0 Å². The zero-order valence-corrected chi connectivity index (χ0v) is 8.40. The summed E-state index contributed by atoms with van der Waals surface area (Å²) < 4.78 is 0. The number of nitrogens with one attached hydrogen (secondary N) is 1. The van der Waals surface area contributed by atoms with Gasteiger partial charge in [0.15, 0.2) is 11.5 Å². The summed E-state index contributed by atoms with van der Waals surface area (Å²) in [7, 11) is 0. The molecule has 0 aliphatic carbocycles. The zero-order chi connectivity index (χ0) is 10.8. The lowest BCUT2D eigenvalue weighted by atomic mass is 10.1. The van der Waals surface area contributed by atoms with Crippen molar-refractivity contribution < 1.29 is 9.90 Å². The first kappa shape index (κ1) is 10.4. The highest BCUT2D eigenvalue weighted by atomic mass is 16.4. The molecule has 1 heterocycles. The molecule has 1 aromatic rings. The zero-order valence-electron chi connectivity index (χ0n) is 8.40. The first-order valence-corrected chi connectivity index (χ1v) is 4.22. The van der Waals surface area contributed by atoms with Gasteiger partial charge >= 0.3 is 5.97 Å². The first-order valence-electron chi connectivity index (χ1n) is 4.22. The van der Waals surface area contributed by atoms with Gasteiger partial charge in [-0.25, -0.2) is 14.8 Å². The molecule has 0 amide bonds. The summed E-state index contributed by atoms with van der Waals surface area (Å²) in [6.07, 6.45) is 2.82. The van der Waals surface area contributed by atoms with E-state index in [0.717, 1.165) is 0 Å². The summed E-state index contributed by atoms with van der Waals surface area (Å²) in [5.74, 6) is -0.780. The third-order valence-electron chi connectivity index (χ3n) is 1.39. The van der Waals surface area contributed by atoms with Gasteiger partial charge in [0.05, 0.1) is 0 Å². The van der Waals surface area contributed by atoms with E-state index in [4.69, 9.17) is 5.11 Å². The number of hydrogen-bond acceptors (Lipinski definition) is 4. The van der Waals surface area contributed by atoms with Crippen LogP contribution in [0, 0.1) is 0 Å². The van der Waals surface area contributed by atoms with Crippen LogP contribution in [-0.4, -0.2) is 26.6 Å². The molecule has 0 aliphatic heterocycles. The van der Waals surface area contributed by atoms with Crippen LogP contribution in [0.2, 0.25) is 0 Å². The molecule has 0 spiro atoms. The third kappa shape index (κ3) is 2.69. The smallest absolute Gasteiger partial charge is 0.358 e. The standard InChI is InChI=1S/C9H13N3O2/c1-9(2,3)12-7-6(8(13)14)10-4-5-11-7/h4-5H,1-3H3,(H,11,12)(H,13,14). The van der Waals surface area contributed by atoms with E-state index in [1.807, 2.05) is 20.8 Å². The highest BCUT2D eigenvalue weighted by Crippen LogP contribution is 2.14. The van der Waals surface area contributed by atoms with Crippen LogP contribution >= 0.6 is 0 Å². The third-order valence-corrected chi connectivity index (χ3v) is 1.39. The van der Waals surface area contributed by atoms with E-state index >= 15 is 0 Å². The molecule has 0 fully saturated rings. The molecular weight excluding hydrogens is 182 g/mol. The number of carboxylic acid groups (broad SMARTS) is 1. The van der Waals surface area contributed by atoms with E-state index in [2.05, 4.69) is 15.3 Å². The van der Waals surface area contributed by atoms with Crippen molar-refractivity contribution in [3.05, 3.63) is 18.1 Å². The monoisotopic (exact) mass is 195 g/mol. The highest BCUT2D eigenvalue weighted by molar-refractivity contribution is 5.90. The Bertz CT molecular complexity index is 344. The summed E-state index contributed by atoms with van der Waals surface area (Å²) in [5.41, 5.74) is -0.289. The molecule has 0 aliphatic rings. The number of nitrogens with zero attached hydrogens (tertiary/aromatic N) is 2. The van der Waals surface area contributed by atoms with Gasteiger partial charge in [0, 0.05) is 17.9 Å². The summed E-state index contributed by atoms with van der Waals surface area (Å²) in [5, 5.41) is 11.8. The van der Waals surface area contributed by atoms with Crippen molar-refractivity contribution in [1.82, 2.24) is 9.97 Å². The number of hydrogen-bond donors (Lipinski definition) is 2. The van der Waals surface area contributed by atoms with E-state index in [0.29, 0.717) is 5.82 Å². The van der Waals surface area contributed by atoms with Gasteiger partial charge in [0.1, 0.15) is 0 Å². The van der Waals surface area contributed by atoms with Crippen molar-refractivity contribution in [2.45, 2.75) is 26.3 Å². The number of anilines is 1. The lowest BCUT2D eigenvalue weighted by Crippen LogP contribution is -2.28. The van der Waals surface area contributed by atoms with Crippen LogP contribution in [0.15, 0.2) is 12.4 Å². The second kappa shape index (κ2) is 3.61. The van der Waals surface area contributed by atoms with Gasteiger partial charge in [0.25, 0.3) is 0 Å². The highest BCUT2D eigenvalue weighted by Gasteiger charge is 2.17. The summed E-state index contributed by atoms with van der Waals surface area (Å²) in [4.78, 5) is 18.4. The minimum atomic E-state index is -1.08. The van der Waals surface area contributed by atoms with Gasteiger partial charge in [-0.3, -0.25) is 0 Å². The lowest BCUT2D eigenvalue weighted by molar-refractivity contribution is 0.0691. The van der Waals surface area contributed by atoms with Crippen LogP contribution in [0.1, 0.15) is 31.3 Å². The second-order valence-corrected chi connectivity index (χ2v) is 3.93. The minimum Gasteiger partial charge on any atom is -0.476 e. The van der Waals surface area contributed by atoms with Crippen molar-refractivity contribution in [2.75, 3.05) is 5.32 Å². The van der Waals surface area contributed by atoms with Crippen molar-refractivity contribution in [3.8, 4) is 0 Å². The average Bonchev–Trinajstić information content (AvgIpc) is 2.01. The van der Waals surface area contributed by atoms with Crippen LogP contribution in [0.25, 0.3) is 0 Å². The Morgan fingerprint density at radius 2 is 1.93 bits per heavy atom. The molecule has 76 valence electrons. The first-order chi connectivity index (χ1) is 6.40. The molecular formula is C9H13N3O2. The molecule has 1 aromatic heterocycles. The maximum absolute atomic E-state index is 10.8. The molecule has 1 rings (SSSR count). The lowest BCUT2D eigenvalue weighted by Gasteiger charge is -2.21. The molecule has 0 saturated heterocycles. The van der Waals surface area contributed by atoms with Crippen LogP contribution < -0.4 is 5.32 Å². The van der Waals surface area contributed by atoms with Gasteiger partial charge in [0.2, 0.25) is 0 Å². The van der Waals surface area contributed by atoms with Crippen molar-refractivity contribution in [2.24, 2.45) is 0 Å². The van der Waals surface area contributed by atoms with Crippen LogP contribution in [0.3, 0.4) is 0 Å². The maximum Gasteiger partial charge on any atom is 0.358 e. The molecule has 0 atom stereocenters. The fourth-order valence-corrected chi connectivity index (χ4v) is 0.941. The number of carbonyl (C=O) groups is 1. The molecule has 0 radical (unpaired) electrons. The minimum absolute atomic E-state index is 0.0533. The number of aromatic carboxylic acids is 1. The van der Waals surface area contributed by atoms with E-state index in [9.17, 15) is 4.79 Å². The van der Waals surface area contributed by atoms with Crippen molar-refractivity contribution >= 4 is 11.8 Å². The fourth-order valence-electron chi connectivity index (χ4n) is 0.941. The molecule has 2 N–H and O–H groups in total. The van der Waals surface area contributed by atoms with Crippen LogP contribution in [0.5, 0.6) is 0 Å². The summed E-state index contributed by atoms with van der Waals surface area (Å²) in [6, 6.07) is 0. The second-order valence-electron chi connectivity index (χ2n) is 3.93. The Labute approximate surface area is 82.2 Å². The molecule has 0 bridgehead atoms. The number of aromatic nitrogens is 2. The topological polar surface area (TPSA) is 75.1 Å². The van der Waals surface area contributed by atoms with E-state index in [1.165, 1.54) is 12.4 Å². The Hall–Kier alpha value is -1.65. The van der Waals surface area contributed by atoms with Gasteiger partial charge in [-0.2, -0.15) is 0 Å². The Balaban J connectivity index is 3.02. The van der Waals surface area contributed by atoms with Gasteiger partial charge in [-0.15, -0.1) is 0 Å². The maximum atomic E-state index is 10.8. The van der Waals surface area contributed by atoms with Crippen LogP contribution in [0.4, 0.5) is 5.82 Å². The van der Waals surface area contributed by atoms with E-state index in [1.54, 1.807) is 0 Å². The summed E-state index contributed by atoms with van der Waals surface area (Å²) in [6.45, 7) is 5.77. The average molecular weight is 195 g/mol. The molecule has 0 aromatic carbocycles. The normalized spacial score (nSPS) is 11.1. The molecule has 5 heteroatoms. The Kier molecular flexibility index (Phi) is 2.69. The predicted molar refractivity (Wildman–Crippen MR) is 52.4 cm³/mol. The largest absolute Gasteiger partial charge is 0.476 e. The SMILES string of the molecule is CC(C)(C)Nc1nccnc1C(=O)O. The molecule has 0 unspecified atom stereocenters. The molecule has 5 nitrogen and oxygen atoms in total. The fraction of sp³-hybridized carbons (Fsp3) is 0.444. The Morgan fingerprint density at radius 3 is 2.43 bits per heavy atom. The van der Waals surface area contributed by atoms with Gasteiger partial charge < -0.3 is 10.4 Å². The predicted octanol–water partition coefficient (Wildman–Crippen LogP) is 1.39. The summed E-state index contributed by atoms with van der Waals surface area (Å²) >= 11 is 0.